The van der Waals surface area contributed by atoms with Crippen LogP contribution < -0.4 is 5.32 Å². The largest absolute Gasteiger partial charge is 0.469 e. The maximum Gasteiger partial charge on any atom is 0.453 e. The lowest BCUT2D eigenvalue weighted by Crippen LogP contribution is -2.20. The number of rotatable bonds is 3. The summed E-state index contributed by atoms with van der Waals surface area (Å²) in [4.78, 5) is 11.5. The molecule has 1 aliphatic carbocycles. The molecule has 0 spiro atoms. The number of carbonyl (C=O) groups excluding carboxylic acids is 1. The highest BCUT2D eigenvalue weighted by Crippen LogP contribution is 2.30. The monoisotopic (exact) mass is 329 g/mol. The topological polar surface area (TPSA) is 81.4 Å². The molecule has 0 aromatic carbocycles. The number of esters is 1. The molecule has 2 aromatic heterocycles. The van der Waals surface area contributed by atoms with Crippen LogP contribution in [-0.4, -0.2) is 38.9 Å². The highest BCUT2D eigenvalue weighted by molar-refractivity contribution is 5.72. The SMILES string of the molecule is COC(=O)[C@H]1CC[C@@H](Nc2ccc3nnc(C(F)(F)F)n3n2)C1. The lowest BCUT2D eigenvalue weighted by molar-refractivity contribution is -0.146. The number of aromatic nitrogens is 4. The summed E-state index contributed by atoms with van der Waals surface area (Å²) < 4.78 is 43.9. The summed E-state index contributed by atoms with van der Waals surface area (Å²) in [5, 5.41) is 13.5. The van der Waals surface area contributed by atoms with Gasteiger partial charge >= 0.3 is 12.1 Å². The molecule has 0 aliphatic heterocycles. The Hall–Kier alpha value is -2.39. The number of methoxy groups -OCH3 is 1. The summed E-state index contributed by atoms with van der Waals surface area (Å²) in [6.45, 7) is 0. The van der Waals surface area contributed by atoms with Crippen molar-refractivity contribution in [3.05, 3.63) is 18.0 Å². The lowest BCUT2D eigenvalue weighted by atomic mass is 10.1. The summed E-state index contributed by atoms with van der Waals surface area (Å²) in [5.74, 6) is -1.36. The zero-order valence-electron chi connectivity index (χ0n) is 12.2. The number of nitrogens with zero attached hydrogens (tertiary/aromatic N) is 4. The van der Waals surface area contributed by atoms with E-state index in [4.69, 9.17) is 4.74 Å². The third kappa shape index (κ3) is 3.06. The van der Waals surface area contributed by atoms with E-state index < -0.39 is 12.0 Å². The van der Waals surface area contributed by atoms with E-state index in [0.717, 1.165) is 0 Å². The average molecular weight is 329 g/mol. The van der Waals surface area contributed by atoms with Crippen LogP contribution in [0, 0.1) is 5.92 Å². The number of hydrogen-bond donors (Lipinski definition) is 1. The van der Waals surface area contributed by atoms with Gasteiger partial charge in [0.25, 0.3) is 5.82 Å². The highest BCUT2D eigenvalue weighted by atomic mass is 19.4. The van der Waals surface area contributed by atoms with Crippen LogP contribution in [0.5, 0.6) is 0 Å². The molecule has 10 heteroatoms. The molecule has 23 heavy (non-hydrogen) atoms. The summed E-state index contributed by atoms with van der Waals surface area (Å²) in [5.41, 5.74) is 0.0155. The van der Waals surface area contributed by atoms with Gasteiger partial charge in [-0.05, 0) is 31.4 Å². The van der Waals surface area contributed by atoms with Crippen molar-refractivity contribution >= 4 is 17.4 Å². The molecular formula is C13H14F3N5O2. The van der Waals surface area contributed by atoms with Gasteiger partial charge in [-0.3, -0.25) is 4.79 Å². The first-order valence-corrected chi connectivity index (χ1v) is 7.02. The molecule has 0 unspecified atom stereocenters. The minimum atomic E-state index is -4.63. The van der Waals surface area contributed by atoms with Gasteiger partial charge in [0.2, 0.25) is 0 Å². The standard InChI is InChI=1S/C13H14F3N5O2/c1-23-11(22)7-2-3-8(6-7)17-9-4-5-10-18-19-12(13(14,15)16)21(10)20-9/h4-5,7-8H,2-3,6H2,1H3,(H,17,20)/t7-,8+/m0/s1. The van der Waals surface area contributed by atoms with Crippen LogP contribution >= 0.6 is 0 Å². The zero-order chi connectivity index (χ0) is 16.6. The average Bonchev–Trinajstić information content (AvgIpc) is 3.12. The Labute approximate surface area is 128 Å². The molecule has 124 valence electrons. The van der Waals surface area contributed by atoms with E-state index in [1.54, 1.807) is 0 Å². The predicted octanol–water partition coefficient (Wildman–Crippen LogP) is 1.90. The molecule has 7 nitrogen and oxygen atoms in total. The molecule has 0 saturated heterocycles. The van der Waals surface area contributed by atoms with Gasteiger partial charge in [0.1, 0.15) is 5.82 Å². The normalized spacial score (nSPS) is 21.6. The van der Waals surface area contributed by atoms with Crippen LogP contribution in [0.1, 0.15) is 25.1 Å². The number of carbonyl (C=O) groups is 1. The van der Waals surface area contributed by atoms with Crippen LogP contribution in [0.4, 0.5) is 19.0 Å². The van der Waals surface area contributed by atoms with E-state index in [1.165, 1.54) is 19.2 Å². The van der Waals surface area contributed by atoms with Crippen LogP contribution in [0.25, 0.3) is 5.65 Å². The molecule has 0 bridgehead atoms. The van der Waals surface area contributed by atoms with Crippen LogP contribution in [0.3, 0.4) is 0 Å². The third-order valence-corrected chi connectivity index (χ3v) is 3.84. The maximum atomic E-state index is 12.8. The Bertz CT molecular complexity index is 730. The number of hydrogen-bond acceptors (Lipinski definition) is 6. The van der Waals surface area contributed by atoms with Gasteiger partial charge in [0, 0.05) is 6.04 Å². The summed E-state index contributed by atoms with van der Waals surface area (Å²) in [6, 6.07) is 2.90. The molecule has 1 saturated carbocycles. The van der Waals surface area contributed by atoms with E-state index >= 15 is 0 Å². The van der Waals surface area contributed by atoms with Crippen molar-refractivity contribution in [1.29, 1.82) is 0 Å². The Morgan fingerprint density at radius 3 is 2.83 bits per heavy atom. The van der Waals surface area contributed by atoms with Crippen molar-refractivity contribution in [3.8, 4) is 0 Å². The number of halogens is 3. The second-order valence-corrected chi connectivity index (χ2v) is 5.38. The second-order valence-electron chi connectivity index (χ2n) is 5.38. The van der Waals surface area contributed by atoms with Gasteiger partial charge < -0.3 is 10.1 Å². The van der Waals surface area contributed by atoms with Gasteiger partial charge in [-0.2, -0.15) is 17.7 Å². The van der Waals surface area contributed by atoms with Crippen molar-refractivity contribution in [2.45, 2.75) is 31.5 Å². The van der Waals surface area contributed by atoms with Gasteiger partial charge in [-0.15, -0.1) is 15.3 Å². The number of anilines is 1. The van der Waals surface area contributed by atoms with Gasteiger partial charge in [0.05, 0.1) is 13.0 Å². The third-order valence-electron chi connectivity index (χ3n) is 3.84. The van der Waals surface area contributed by atoms with Crippen molar-refractivity contribution in [3.63, 3.8) is 0 Å². The molecule has 3 rings (SSSR count). The number of nitrogens with one attached hydrogen (secondary N) is 1. The summed E-state index contributed by atoms with van der Waals surface area (Å²) >= 11 is 0. The fourth-order valence-electron chi connectivity index (χ4n) is 2.75. The quantitative estimate of drug-likeness (QED) is 0.866. The van der Waals surface area contributed by atoms with Crippen LogP contribution in [0.15, 0.2) is 12.1 Å². The van der Waals surface area contributed by atoms with Crippen molar-refractivity contribution in [1.82, 2.24) is 19.8 Å². The first-order valence-electron chi connectivity index (χ1n) is 7.02. The zero-order valence-corrected chi connectivity index (χ0v) is 12.2. The van der Waals surface area contributed by atoms with E-state index in [0.29, 0.717) is 23.8 Å². The molecule has 0 amide bonds. The molecule has 1 N–H and O–H groups in total. The molecular weight excluding hydrogens is 315 g/mol. The highest BCUT2D eigenvalue weighted by Gasteiger charge is 2.38. The summed E-state index contributed by atoms with van der Waals surface area (Å²) in [6.07, 6.45) is -2.68. The second kappa shape index (κ2) is 5.67. The Morgan fingerprint density at radius 2 is 2.13 bits per heavy atom. The van der Waals surface area contributed by atoms with Gasteiger partial charge in [-0.25, -0.2) is 0 Å². The number of fused-ring (bicyclic) bond motifs is 1. The van der Waals surface area contributed by atoms with Crippen molar-refractivity contribution in [2.24, 2.45) is 5.92 Å². The van der Waals surface area contributed by atoms with E-state index in [-0.39, 0.29) is 29.4 Å². The molecule has 2 atom stereocenters. The molecule has 1 fully saturated rings. The molecule has 2 heterocycles. The molecule has 1 aliphatic rings. The first kappa shape index (κ1) is 15.5. The Kier molecular flexibility index (Phi) is 3.82. The minimum Gasteiger partial charge on any atom is -0.469 e. The number of alkyl halides is 3. The minimum absolute atomic E-state index is 0.0155. The molecule has 0 radical (unpaired) electrons. The Balaban J connectivity index is 1.78. The lowest BCUT2D eigenvalue weighted by Gasteiger charge is -2.13. The first-order chi connectivity index (χ1) is 10.9. The maximum absolute atomic E-state index is 12.8. The van der Waals surface area contributed by atoms with Crippen molar-refractivity contribution < 1.29 is 22.7 Å². The Morgan fingerprint density at radius 1 is 1.35 bits per heavy atom. The fourth-order valence-corrected chi connectivity index (χ4v) is 2.75. The van der Waals surface area contributed by atoms with Crippen LogP contribution in [-0.2, 0) is 15.7 Å². The van der Waals surface area contributed by atoms with E-state index in [2.05, 4.69) is 20.6 Å². The van der Waals surface area contributed by atoms with Crippen molar-refractivity contribution in [2.75, 3.05) is 12.4 Å². The smallest absolute Gasteiger partial charge is 0.453 e. The molecule has 2 aromatic rings. The van der Waals surface area contributed by atoms with E-state index in [9.17, 15) is 18.0 Å². The predicted molar refractivity (Wildman–Crippen MR) is 72.6 cm³/mol. The number of ether oxygens (including phenoxy) is 1. The summed E-state index contributed by atoms with van der Waals surface area (Å²) in [7, 11) is 1.34. The van der Waals surface area contributed by atoms with Gasteiger partial charge in [0.15, 0.2) is 5.65 Å². The van der Waals surface area contributed by atoms with Crippen LogP contribution in [0.2, 0.25) is 0 Å². The van der Waals surface area contributed by atoms with E-state index in [1.807, 2.05) is 0 Å². The fraction of sp³-hybridized carbons (Fsp3) is 0.538. The van der Waals surface area contributed by atoms with Gasteiger partial charge in [-0.1, -0.05) is 0 Å².